The van der Waals surface area contributed by atoms with Crippen molar-refractivity contribution < 1.29 is 0 Å². The van der Waals surface area contributed by atoms with E-state index in [-0.39, 0.29) is 0 Å². The fraction of sp³-hybridized carbons (Fsp3) is 0.278. The average molecular weight is 264 g/mol. The number of hydrogen-bond donors (Lipinski definition) is 1. The summed E-state index contributed by atoms with van der Waals surface area (Å²) < 4.78 is 0. The summed E-state index contributed by atoms with van der Waals surface area (Å²) in [5.41, 5.74) is 3.90. The first-order valence-corrected chi connectivity index (χ1v) is 7.31. The van der Waals surface area contributed by atoms with Crippen LogP contribution in [0, 0.1) is 0 Å². The van der Waals surface area contributed by atoms with Gasteiger partial charge in [0.25, 0.3) is 0 Å². The summed E-state index contributed by atoms with van der Waals surface area (Å²) >= 11 is 0. The SMILES string of the molecule is C1=Nc2ccccc2C1CNCCCc1ccccc1. The van der Waals surface area contributed by atoms with Gasteiger partial charge in [-0.05, 0) is 36.6 Å². The van der Waals surface area contributed by atoms with Crippen LogP contribution in [0.1, 0.15) is 23.5 Å². The Kier molecular flexibility index (Phi) is 4.24. The Balaban J connectivity index is 1.40. The molecule has 20 heavy (non-hydrogen) atoms. The summed E-state index contributed by atoms with van der Waals surface area (Å²) in [5.74, 6) is 0.433. The lowest BCUT2D eigenvalue weighted by Crippen LogP contribution is -2.22. The molecular weight excluding hydrogens is 244 g/mol. The summed E-state index contributed by atoms with van der Waals surface area (Å²) in [6, 6.07) is 19.1. The van der Waals surface area contributed by atoms with Gasteiger partial charge < -0.3 is 5.32 Å². The van der Waals surface area contributed by atoms with Crippen molar-refractivity contribution in [1.82, 2.24) is 5.32 Å². The molecule has 0 radical (unpaired) electrons. The second-order valence-electron chi connectivity index (χ2n) is 5.24. The number of benzene rings is 2. The van der Waals surface area contributed by atoms with Crippen molar-refractivity contribution in [3.8, 4) is 0 Å². The van der Waals surface area contributed by atoms with Gasteiger partial charge in [-0.25, -0.2) is 0 Å². The molecule has 0 fully saturated rings. The van der Waals surface area contributed by atoms with Gasteiger partial charge in [-0.1, -0.05) is 48.5 Å². The topological polar surface area (TPSA) is 24.4 Å². The Morgan fingerprint density at radius 3 is 2.65 bits per heavy atom. The van der Waals surface area contributed by atoms with Crippen LogP contribution >= 0.6 is 0 Å². The summed E-state index contributed by atoms with van der Waals surface area (Å²) in [5, 5.41) is 3.55. The second-order valence-corrected chi connectivity index (χ2v) is 5.24. The van der Waals surface area contributed by atoms with Crippen molar-refractivity contribution in [1.29, 1.82) is 0 Å². The van der Waals surface area contributed by atoms with Gasteiger partial charge in [0, 0.05) is 18.7 Å². The number of fused-ring (bicyclic) bond motifs is 1. The summed E-state index contributed by atoms with van der Waals surface area (Å²) in [4.78, 5) is 4.46. The van der Waals surface area contributed by atoms with Crippen molar-refractivity contribution in [2.24, 2.45) is 4.99 Å². The van der Waals surface area contributed by atoms with E-state index in [9.17, 15) is 0 Å². The third kappa shape index (κ3) is 3.14. The van der Waals surface area contributed by atoms with Crippen LogP contribution in [0.4, 0.5) is 5.69 Å². The molecule has 3 rings (SSSR count). The maximum Gasteiger partial charge on any atom is 0.0665 e. The van der Waals surface area contributed by atoms with Crippen LogP contribution in [-0.2, 0) is 6.42 Å². The molecule has 0 aliphatic carbocycles. The number of nitrogens with one attached hydrogen (secondary N) is 1. The minimum absolute atomic E-state index is 0.433. The monoisotopic (exact) mass is 264 g/mol. The van der Waals surface area contributed by atoms with E-state index < -0.39 is 0 Å². The fourth-order valence-electron chi connectivity index (χ4n) is 2.65. The Hall–Kier alpha value is -1.93. The summed E-state index contributed by atoms with van der Waals surface area (Å²) in [6.45, 7) is 2.04. The Morgan fingerprint density at radius 2 is 1.75 bits per heavy atom. The van der Waals surface area contributed by atoms with Crippen molar-refractivity contribution in [3.63, 3.8) is 0 Å². The number of hydrogen-bond acceptors (Lipinski definition) is 2. The molecule has 1 atom stereocenters. The molecule has 0 saturated carbocycles. The molecular formula is C18H20N2. The highest BCUT2D eigenvalue weighted by molar-refractivity contribution is 5.80. The molecule has 1 aliphatic heterocycles. The van der Waals surface area contributed by atoms with Gasteiger partial charge in [0.2, 0.25) is 0 Å². The maximum absolute atomic E-state index is 4.46. The standard InChI is InChI=1S/C18H20N2/c1-2-7-15(8-3-1)9-6-12-19-13-16-14-20-18-11-5-4-10-17(16)18/h1-5,7-8,10-11,14,16,19H,6,9,12-13H2. The van der Waals surface area contributed by atoms with E-state index >= 15 is 0 Å². The molecule has 1 unspecified atom stereocenters. The predicted octanol–water partition coefficient (Wildman–Crippen LogP) is 3.71. The molecule has 0 saturated heterocycles. The highest BCUT2D eigenvalue weighted by Gasteiger charge is 2.17. The number of rotatable bonds is 6. The van der Waals surface area contributed by atoms with Gasteiger partial charge in [0.1, 0.15) is 0 Å². The predicted molar refractivity (Wildman–Crippen MR) is 85.0 cm³/mol. The lowest BCUT2D eigenvalue weighted by atomic mass is 10.0. The first-order valence-electron chi connectivity index (χ1n) is 7.31. The lowest BCUT2D eigenvalue weighted by Gasteiger charge is -2.10. The zero-order valence-corrected chi connectivity index (χ0v) is 11.6. The third-order valence-electron chi connectivity index (χ3n) is 3.76. The van der Waals surface area contributed by atoms with Gasteiger partial charge in [0.05, 0.1) is 5.69 Å². The lowest BCUT2D eigenvalue weighted by molar-refractivity contribution is 0.636. The van der Waals surface area contributed by atoms with Crippen LogP contribution in [0.3, 0.4) is 0 Å². The van der Waals surface area contributed by atoms with E-state index in [0.29, 0.717) is 5.92 Å². The molecule has 2 aromatic carbocycles. The van der Waals surface area contributed by atoms with Crippen molar-refractivity contribution in [2.45, 2.75) is 18.8 Å². The van der Waals surface area contributed by atoms with E-state index in [2.05, 4.69) is 65.1 Å². The largest absolute Gasteiger partial charge is 0.316 e. The van der Waals surface area contributed by atoms with E-state index in [1.165, 1.54) is 17.5 Å². The zero-order chi connectivity index (χ0) is 13.6. The normalized spacial score (nSPS) is 16.3. The maximum atomic E-state index is 4.46. The molecule has 0 amide bonds. The quantitative estimate of drug-likeness (QED) is 0.790. The molecule has 2 aromatic rings. The second kappa shape index (κ2) is 6.49. The summed E-state index contributed by atoms with van der Waals surface area (Å²) in [7, 11) is 0. The van der Waals surface area contributed by atoms with Crippen LogP contribution in [0.25, 0.3) is 0 Å². The van der Waals surface area contributed by atoms with Gasteiger partial charge >= 0.3 is 0 Å². The van der Waals surface area contributed by atoms with Gasteiger partial charge in [-0.3, -0.25) is 4.99 Å². The van der Waals surface area contributed by atoms with Crippen LogP contribution in [0.15, 0.2) is 59.6 Å². The molecule has 0 bridgehead atoms. The molecule has 1 aliphatic rings. The number of aliphatic imine (C=N–C) groups is 1. The molecule has 102 valence electrons. The smallest absolute Gasteiger partial charge is 0.0665 e. The highest BCUT2D eigenvalue weighted by Crippen LogP contribution is 2.30. The van der Waals surface area contributed by atoms with E-state index in [1.54, 1.807) is 0 Å². The van der Waals surface area contributed by atoms with Crippen molar-refractivity contribution in [3.05, 3.63) is 65.7 Å². The summed E-state index contributed by atoms with van der Waals surface area (Å²) in [6.07, 6.45) is 4.38. The Bertz CT molecular complexity index is 575. The average Bonchev–Trinajstić information content (AvgIpc) is 2.91. The fourth-order valence-corrected chi connectivity index (χ4v) is 2.65. The number of nitrogens with zero attached hydrogens (tertiary/aromatic N) is 1. The van der Waals surface area contributed by atoms with Gasteiger partial charge in [-0.15, -0.1) is 0 Å². The molecule has 1 N–H and O–H groups in total. The van der Waals surface area contributed by atoms with Crippen molar-refractivity contribution in [2.75, 3.05) is 13.1 Å². The van der Waals surface area contributed by atoms with Crippen LogP contribution in [-0.4, -0.2) is 19.3 Å². The first-order chi connectivity index (χ1) is 9.93. The van der Waals surface area contributed by atoms with Crippen LogP contribution in [0.2, 0.25) is 0 Å². The van der Waals surface area contributed by atoms with Gasteiger partial charge in [-0.2, -0.15) is 0 Å². The molecule has 2 heteroatoms. The van der Waals surface area contributed by atoms with Crippen LogP contribution in [0.5, 0.6) is 0 Å². The molecule has 1 heterocycles. The Labute approximate surface area is 120 Å². The number of aryl methyl sites for hydroxylation is 1. The Morgan fingerprint density at radius 1 is 0.950 bits per heavy atom. The number of para-hydroxylation sites is 1. The minimum Gasteiger partial charge on any atom is -0.316 e. The van der Waals surface area contributed by atoms with E-state index in [4.69, 9.17) is 0 Å². The van der Waals surface area contributed by atoms with E-state index in [0.717, 1.165) is 25.2 Å². The van der Waals surface area contributed by atoms with Crippen LogP contribution < -0.4 is 5.32 Å². The van der Waals surface area contributed by atoms with E-state index in [1.807, 2.05) is 6.07 Å². The molecule has 2 nitrogen and oxygen atoms in total. The first kappa shape index (κ1) is 13.1. The third-order valence-corrected chi connectivity index (χ3v) is 3.76. The zero-order valence-electron chi connectivity index (χ0n) is 11.6. The van der Waals surface area contributed by atoms with Gasteiger partial charge in [0.15, 0.2) is 0 Å². The minimum atomic E-state index is 0.433. The highest BCUT2D eigenvalue weighted by atomic mass is 14.9. The molecule has 0 spiro atoms. The molecule has 0 aromatic heterocycles. The van der Waals surface area contributed by atoms with Crippen molar-refractivity contribution >= 4 is 11.9 Å².